The van der Waals surface area contributed by atoms with Crippen molar-refractivity contribution < 1.29 is 14.3 Å². The Balaban J connectivity index is 2.60. The number of ketones is 1. The fourth-order valence-corrected chi connectivity index (χ4v) is 3.22. The molecule has 1 rings (SSSR count). The molecule has 3 nitrogen and oxygen atoms in total. The van der Waals surface area contributed by atoms with Crippen molar-refractivity contribution in [2.45, 2.75) is 16.8 Å². The molecule has 0 saturated carbocycles. The Morgan fingerprint density at radius 2 is 2.33 bits per heavy atom. The van der Waals surface area contributed by atoms with Crippen molar-refractivity contribution in [2.24, 2.45) is 0 Å². The molecule has 0 bridgehead atoms. The molecule has 1 fully saturated rings. The number of hydrogen-bond acceptors (Lipinski definition) is 5. The van der Waals surface area contributed by atoms with Gasteiger partial charge in [-0.1, -0.05) is 0 Å². The van der Waals surface area contributed by atoms with Crippen LogP contribution in [0.25, 0.3) is 0 Å². The predicted octanol–water partition coefficient (Wildman–Crippen LogP) is 0.923. The van der Waals surface area contributed by atoms with Gasteiger partial charge in [0.25, 0.3) is 0 Å². The summed E-state index contributed by atoms with van der Waals surface area (Å²) in [7, 11) is 1.31. The van der Waals surface area contributed by atoms with Crippen molar-refractivity contribution in [1.82, 2.24) is 0 Å². The van der Waals surface area contributed by atoms with Gasteiger partial charge in [-0.15, -0.1) is 23.5 Å². The zero-order valence-corrected chi connectivity index (χ0v) is 8.54. The molecule has 0 unspecified atom stereocenters. The fourth-order valence-electron chi connectivity index (χ4n) is 0.876. The minimum Gasteiger partial charge on any atom is -0.468 e. The van der Waals surface area contributed by atoms with Crippen LogP contribution in [0.1, 0.15) is 6.92 Å². The maximum Gasteiger partial charge on any atom is 0.326 e. The van der Waals surface area contributed by atoms with Crippen LogP contribution in [0.4, 0.5) is 0 Å². The van der Waals surface area contributed by atoms with E-state index in [0.717, 1.165) is 0 Å². The molecule has 0 aliphatic carbocycles. The molecule has 0 aromatic heterocycles. The summed E-state index contributed by atoms with van der Waals surface area (Å²) in [5.74, 6) is -0.0272. The van der Waals surface area contributed by atoms with E-state index in [1.165, 1.54) is 18.9 Å². The first-order chi connectivity index (χ1) is 5.65. The number of carbonyl (C=O) groups excluding carboxylic acids is 2. The van der Waals surface area contributed by atoms with E-state index in [2.05, 4.69) is 4.74 Å². The lowest BCUT2D eigenvalue weighted by molar-refractivity contribution is -0.142. The Bertz CT molecular complexity index is 197. The number of hydrogen-bond donors (Lipinski definition) is 0. The third-order valence-electron chi connectivity index (χ3n) is 1.50. The average Bonchev–Trinajstić information content (AvgIpc) is 2.08. The van der Waals surface area contributed by atoms with E-state index < -0.39 is 11.2 Å². The SMILES string of the molecule is COC(=O)[C@H]1S[C@@H](C)SCC1=O. The summed E-state index contributed by atoms with van der Waals surface area (Å²) in [6.07, 6.45) is 0. The van der Waals surface area contributed by atoms with Crippen molar-refractivity contribution in [3.05, 3.63) is 0 Å². The molecule has 2 atom stereocenters. The number of esters is 1. The Kier molecular flexibility index (Phi) is 3.46. The molecule has 12 heavy (non-hydrogen) atoms. The molecule has 0 amide bonds. The lowest BCUT2D eigenvalue weighted by Crippen LogP contribution is -2.34. The van der Waals surface area contributed by atoms with Crippen LogP contribution in [0.3, 0.4) is 0 Å². The largest absolute Gasteiger partial charge is 0.468 e. The molecule has 1 heterocycles. The molecule has 68 valence electrons. The first-order valence-corrected chi connectivity index (χ1v) is 5.52. The second-order valence-corrected chi connectivity index (χ2v) is 5.46. The van der Waals surface area contributed by atoms with Gasteiger partial charge in [-0.05, 0) is 6.92 Å². The molecular weight excluding hydrogens is 196 g/mol. The van der Waals surface area contributed by atoms with Crippen LogP contribution in [0.5, 0.6) is 0 Å². The molecule has 0 N–H and O–H groups in total. The number of Topliss-reactive ketones (excluding diaryl/α,β-unsaturated/α-hetero) is 1. The smallest absolute Gasteiger partial charge is 0.326 e. The highest BCUT2D eigenvalue weighted by Gasteiger charge is 2.33. The van der Waals surface area contributed by atoms with Gasteiger partial charge in [0.15, 0.2) is 11.0 Å². The normalized spacial score (nSPS) is 30.0. The highest BCUT2D eigenvalue weighted by Crippen LogP contribution is 2.33. The first-order valence-electron chi connectivity index (χ1n) is 3.52. The van der Waals surface area contributed by atoms with E-state index in [4.69, 9.17) is 0 Å². The molecule has 0 radical (unpaired) electrons. The zero-order valence-electron chi connectivity index (χ0n) is 6.90. The number of ether oxygens (including phenoxy) is 1. The van der Waals surface area contributed by atoms with E-state index in [0.29, 0.717) is 10.3 Å². The van der Waals surface area contributed by atoms with Gasteiger partial charge in [-0.2, -0.15) is 0 Å². The van der Waals surface area contributed by atoms with Crippen molar-refractivity contribution in [3.8, 4) is 0 Å². The summed E-state index contributed by atoms with van der Waals surface area (Å²) in [6.45, 7) is 1.98. The summed E-state index contributed by atoms with van der Waals surface area (Å²) >= 11 is 2.93. The summed E-state index contributed by atoms with van der Waals surface area (Å²) in [5, 5.41) is -0.591. The second-order valence-electron chi connectivity index (χ2n) is 2.38. The van der Waals surface area contributed by atoms with Crippen molar-refractivity contribution in [1.29, 1.82) is 0 Å². The Hall–Kier alpha value is -0.160. The van der Waals surface area contributed by atoms with E-state index >= 15 is 0 Å². The summed E-state index contributed by atoms with van der Waals surface area (Å²) in [4.78, 5) is 22.2. The lowest BCUT2D eigenvalue weighted by atomic mass is 10.3. The van der Waals surface area contributed by atoms with E-state index in [1.807, 2.05) is 6.92 Å². The maximum atomic E-state index is 11.2. The minimum atomic E-state index is -0.591. The van der Waals surface area contributed by atoms with Crippen LogP contribution < -0.4 is 0 Å². The van der Waals surface area contributed by atoms with Gasteiger partial charge in [0.05, 0.1) is 12.9 Å². The van der Waals surface area contributed by atoms with Crippen molar-refractivity contribution in [3.63, 3.8) is 0 Å². The van der Waals surface area contributed by atoms with Crippen molar-refractivity contribution >= 4 is 35.3 Å². The summed E-state index contributed by atoms with van der Waals surface area (Å²) in [6, 6.07) is 0. The van der Waals surface area contributed by atoms with Gasteiger partial charge in [-0.3, -0.25) is 9.59 Å². The van der Waals surface area contributed by atoms with Crippen LogP contribution in [0.2, 0.25) is 0 Å². The number of rotatable bonds is 1. The van der Waals surface area contributed by atoms with Gasteiger partial charge >= 0.3 is 5.97 Å². The second kappa shape index (κ2) is 4.18. The number of methoxy groups -OCH3 is 1. The van der Waals surface area contributed by atoms with Crippen LogP contribution in [0.15, 0.2) is 0 Å². The summed E-state index contributed by atoms with van der Waals surface area (Å²) in [5.41, 5.74) is 0. The van der Waals surface area contributed by atoms with Crippen LogP contribution >= 0.6 is 23.5 Å². The van der Waals surface area contributed by atoms with E-state index in [9.17, 15) is 9.59 Å². The van der Waals surface area contributed by atoms with E-state index in [-0.39, 0.29) is 5.78 Å². The van der Waals surface area contributed by atoms with Gasteiger partial charge in [0.2, 0.25) is 0 Å². The summed E-state index contributed by atoms with van der Waals surface area (Å²) < 4.78 is 4.82. The standard InChI is InChI=1S/C7H10O3S2/c1-4-11-3-5(8)6(12-4)7(9)10-2/h4,6H,3H2,1-2H3/t4-,6-/m0/s1. The maximum absolute atomic E-state index is 11.2. The van der Waals surface area contributed by atoms with Gasteiger partial charge in [-0.25, -0.2) is 0 Å². The number of thioether (sulfide) groups is 2. The van der Waals surface area contributed by atoms with Crippen LogP contribution in [0, 0.1) is 0 Å². The minimum absolute atomic E-state index is 0.0325. The molecular formula is C7H10O3S2. The van der Waals surface area contributed by atoms with E-state index in [1.54, 1.807) is 11.8 Å². The third-order valence-corrected chi connectivity index (χ3v) is 4.27. The van der Waals surface area contributed by atoms with Crippen LogP contribution in [-0.2, 0) is 14.3 Å². The number of carbonyl (C=O) groups is 2. The third kappa shape index (κ3) is 2.17. The lowest BCUT2D eigenvalue weighted by Gasteiger charge is -2.22. The average molecular weight is 206 g/mol. The van der Waals surface area contributed by atoms with Crippen LogP contribution in [-0.4, -0.2) is 34.4 Å². The molecule has 1 aliphatic rings. The zero-order chi connectivity index (χ0) is 9.14. The fraction of sp³-hybridized carbons (Fsp3) is 0.714. The molecule has 1 aliphatic heterocycles. The van der Waals surface area contributed by atoms with Gasteiger partial charge < -0.3 is 4.74 Å². The Morgan fingerprint density at radius 1 is 1.67 bits per heavy atom. The highest BCUT2D eigenvalue weighted by molar-refractivity contribution is 8.19. The predicted molar refractivity (Wildman–Crippen MR) is 50.3 cm³/mol. The monoisotopic (exact) mass is 206 g/mol. The quantitative estimate of drug-likeness (QED) is 0.471. The van der Waals surface area contributed by atoms with Gasteiger partial charge in [0.1, 0.15) is 0 Å². The van der Waals surface area contributed by atoms with Gasteiger partial charge in [0, 0.05) is 4.58 Å². The highest BCUT2D eigenvalue weighted by atomic mass is 32.2. The molecule has 5 heteroatoms. The Labute approximate surface area is 79.6 Å². The molecule has 0 spiro atoms. The topological polar surface area (TPSA) is 43.4 Å². The van der Waals surface area contributed by atoms with Crippen molar-refractivity contribution in [2.75, 3.05) is 12.9 Å². The molecule has 0 aromatic rings. The Morgan fingerprint density at radius 3 is 2.92 bits per heavy atom. The molecule has 0 aromatic carbocycles. The molecule has 1 saturated heterocycles. The first kappa shape index (κ1) is 9.92.